The van der Waals surface area contributed by atoms with Gasteiger partial charge in [0.15, 0.2) is 0 Å². The van der Waals surface area contributed by atoms with Crippen LogP contribution in [0.3, 0.4) is 0 Å². The molecule has 0 aromatic carbocycles. The third-order valence-electron chi connectivity index (χ3n) is 4.94. The van der Waals surface area contributed by atoms with Gasteiger partial charge in [0, 0.05) is 12.8 Å². The van der Waals surface area contributed by atoms with Crippen LogP contribution in [-0.4, -0.2) is 20.1 Å². The molecule has 140 valence electrons. The molecule has 0 aliphatic heterocycles. The highest BCUT2D eigenvalue weighted by atomic mass is 32.2. The molecule has 2 atom stereocenters. The second-order valence-corrected chi connectivity index (χ2v) is 11.1. The van der Waals surface area contributed by atoms with E-state index in [-0.39, 0.29) is 10.8 Å². The molecule has 0 heterocycles. The molecule has 0 radical (unpaired) electrons. The first-order valence-electron chi connectivity index (χ1n) is 9.11. The summed E-state index contributed by atoms with van der Waals surface area (Å²) in [6, 6.07) is 0. The highest BCUT2D eigenvalue weighted by molar-refractivity contribution is 8.02. The normalized spacial score (nSPS) is 31.1. The molecule has 0 saturated heterocycles. The van der Waals surface area contributed by atoms with Gasteiger partial charge in [-0.2, -0.15) is 0 Å². The Bertz CT molecular complexity index is 609. The van der Waals surface area contributed by atoms with Gasteiger partial charge in [-0.05, 0) is 35.8 Å². The van der Waals surface area contributed by atoms with Gasteiger partial charge in [-0.1, -0.05) is 88.8 Å². The first-order chi connectivity index (χ1) is 11.2. The number of hydrogen-bond donors (Lipinski definition) is 2. The predicted octanol–water partition coefficient (Wildman–Crippen LogP) is 5.74. The maximum absolute atomic E-state index is 11.6. The molecular weight excluding hydrogens is 328 g/mol. The van der Waals surface area contributed by atoms with Crippen molar-refractivity contribution < 1.29 is 10.2 Å². The second-order valence-electron chi connectivity index (χ2n) is 9.59. The number of hydrogen-bond acceptors (Lipinski definition) is 3. The van der Waals surface area contributed by atoms with Gasteiger partial charge in [0.2, 0.25) is 0 Å². The Labute approximate surface area is 157 Å². The van der Waals surface area contributed by atoms with Crippen molar-refractivity contribution in [1.29, 1.82) is 0 Å². The van der Waals surface area contributed by atoms with Crippen LogP contribution < -0.4 is 0 Å². The summed E-state index contributed by atoms with van der Waals surface area (Å²) in [7, 11) is 0. The molecule has 2 rings (SSSR count). The average molecular weight is 363 g/mol. The standard InChI is InChI=1S/C22H34O2S/c1-15-9-11-21(23,17(13-15)19(3,4)5)25-22(24)12-10-16(2)14-18(22)20(6,7)8/h9-10,13-14,23-24H,11-12H2,1-8H3. The highest BCUT2D eigenvalue weighted by Gasteiger charge is 2.49. The number of rotatable bonds is 2. The Morgan fingerprint density at radius 1 is 0.760 bits per heavy atom. The van der Waals surface area contributed by atoms with E-state index in [9.17, 15) is 10.2 Å². The SMILES string of the molecule is CC1=CCC(O)(SC2(O)CC=C(C)C=C2C(C)(C)C)C(C(C)(C)C)=C1. The highest BCUT2D eigenvalue weighted by Crippen LogP contribution is 2.55. The zero-order valence-corrected chi connectivity index (χ0v) is 17.8. The summed E-state index contributed by atoms with van der Waals surface area (Å²) in [5.41, 5.74) is 3.98. The van der Waals surface area contributed by atoms with E-state index in [4.69, 9.17) is 0 Å². The van der Waals surface area contributed by atoms with E-state index in [1.807, 2.05) is 0 Å². The topological polar surface area (TPSA) is 40.5 Å². The lowest BCUT2D eigenvalue weighted by molar-refractivity contribution is 0.120. The molecule has 2 N–H and O–H groups in total. The van der Waals surface area contributed by atoms with Gasteiger partial charge in [0.05, 0.1) is 0 Å². The van der Waals surface area contributed by atoms with Crippen molar-refractivity contribution in [3.05, 3.63) is 46.6 Å². The maximum Gasteiger partial charge on any atom is 0.139 e. The first-order valence-corrected chi connectivity index (χ1v) is 9.93. The summed E-state index contributed by atoms with van der Waals surface area (Å²) >= 11 is 1.31. The summed E-state index contributed by atoms with van der Waals surface area (Å²) in [6.07, 6.45) is 9.35. The van der Waals surface area contributed by atoms with Crippen LogP contribution in [0.2, 0.25) is 0 Å². The van der Waals surface area contributed by atoms with Crippen LogP contribution in [0.1, 0.15) is 68.2 Å². The third kappa shape index (κ3) is 4.32. The lowest BCUT2D eigenvalue weighted by Gasteiger charge is -2.47. The van der Waals surface area contributed by atoms with Gasteiger partial charge in [-0.3, -0.25) is 0 Å². The van der Waals surface area contributed by atoms with Gasteiger partial charge in [0.1, 0.15) is 9.87 Å². The maximum atomic E-state index is 11.6. The molecule has 2 aliphatic carbocycles. The Balaban J connectivity index is 2.46. The van der Waals surface area contributed by atoms with Gasteiger partial charge in [-0.15, -0.1) is 0 Å². The van der Waals surface area contributed by atoms with Gasteiger partial charge in [-0.25, -0.2) is 0 Å². The van der Waals surface area contributed by atoms with E-state index in [0.717, 1.165) is 11.1 Å². The third-order valence-corrected chi connectivity index (χ3v) is 6.39. The van der Waals surface area contributed by atoms with E-state index in [0.29, 0.717) is 12.8 Å². The minimum Gasteiger partial charge on any atom is -0.375 e. The number of allylic oxidation sites excluding steroid dienone is 4. The Morgan fingerprint density at radius 2 is 1.08 bits per heavy atom. The fourth-order valence-electron chi connectivity index (χ4n) is 3.69. The van der Waals surface area contributed by atoms with Crippen LogP contribution in [0.25, 0.3) is 0 Å². The quantitative estimate of drug-likeness (QED) is 0.615. The lowest BCUT2D eigenvalue weighted by Crippen LogP contribution is -2.44. The largest absolute Gasteiger partial charge is 0.375 e. The first kappa shape index (κ1) is 20.5. The van der Waals surface area contributed by atoms with Gasteiger partial charge >= 0.3 is 0 Å². The van der Waals surface area contributed by atoms with Crippen LogP contribution in [0.5, 0.6) is 0 Å². The van der Waals surface area contributed by atoms with Crippen molar-refractivity contribution in [1.82, 2.24) is 0 Å². The average Bonchev–Trinajstić information content (AvgIpc) is 2.42. The monoisotopic (exact) mass is 362 g/mol. The second kappa shape index (κ2) is 6.44. The molecule has 0 saturated carbocycles. The molecule has 0 aromatic rings. The molecule has 2 aliphatic rings. The van der Waals surface area contributed by atoms with Crippen molar-refractivity contribution >= 4 is 11.8 Å². The van der Waals surface area contributed by atoms with Crippen LogP contribution in [0.15, 0.2) is 46.6 Å². The van der Waals surface area contributed by atoms with Crippen LogP contribution in [0, 0.1) is 10.8 Å². The zero-order valence-electron chi connectivity index (χ0n) is 17.0. The molecule has 0 aromatic heterocycles. The van der Waals surface area contributed by atoms with Crippen molar-refractivity contribution in [2.24, 2.45) is 10.8 Å². The van der Waals surface area contributed by atoms with Crippen molar-refractivity contribution in [3.63, 3.8) is 0 Å². The summed E-state index contributed by atoms with van der Waals surface area (Å²) in [6.45, 7) is 16.9. The fraction of sp³-hybridized carbons (Fsp3) is 0.636. The molecule has 0 bridgehead atoms. The van der Waals surface area contributed by atoms with Crippen molar-refractivity contribution in [3.8, 4) is 0 Å². The Kier molecular flexibility index (Phi) is 5.29. The van der Waals surface area contributed by atoms with E-state index < -0.39 is 9.87 Å². The van der Waals surface area contributed by atoms with E-state index in [2.05, 4.69) is 79.7 Å². The molecule has 0 amide bonds. The van der Waals surface area contributed by atoms with Gasteiger partial charge < -0.3 is 10.2 Å². The fourth-order valence-corrected chi connectivity index (χ4v) is 5.54. The van der Waals surface area contributed by atoms with Crippen LogP contribution >= 0.6 is 11.8 Å². The van der Waals surface area contributed by atoms with Crippen molar-refractivity contribution in [2.75, 3.05) is 0 Å². The lowest BCUT2D eigenvalue weighted by atomic mass is 9.78. The summed E-state index contributed by atoms with van der Waals surface area (Å²) < 4.78 is 0. The minimum absolute atomic E-state index is 0.167. The molecule has 2 unspecified atom stereocenters. The van der Waals surface area contributed by atoms with E-state index >= 15 is 0 Å². The molecule has 25 heavy (non-hydrogen) atoms. The Hall–Kier alpha value is -0.770. The van der Waals surface area contributed by atoms with Crippen molar-refractivity contribution in [2.45, 2.75) is 78.1 Å². The molecule has 3 heteroatoms. The molecule has 2 nitrogen and oxygen atoms in total. The number of thioether (sulfide) groups is 1. The molecule has 0 fully saturated rings. The summed E-state index contributed by atoms with van der Waals surface area (Å²) in [5.74, 6) is 0. The summed E-state index contributed by atoms with van der Waals surface area (Å²) in [5, 5.41) is 23.2. The minimum atomic E-state index is -1.10. The summed E-state index contributed by atoms with van der Waals surface area (Å²) in [4.78, 5) is -2.20. The smallest absolute Gasteiger partial charge is 0.139 e. The molecule has 0 spiro atoms. The number of aliphatic hydroxyl groups is 2. The zero-order chi connectivity index (χ0) is 19.3. The van der Waals surface area contributed by atoms with E-state index in [1.54, 1.807) is 0 Å². The van der Waals surface area contributed by atoms with Gasteiger partial charge in [0.25, 0.3) is 0 Å². The molecular formula is C22H34O2S. The van der Waals surface area contributed by atoms with Crippen LogP contribution in [0.4, 0.5) is 0 Å². The Morgan fingerprint density at radius 3 is 1.36 bits per heavy atom. The predicted molar refractivity (Wildman–Crippen MR) is 109 cm³/mol. The van der Waals surface area contributed by atoms with Crippen LogP contribution in [-0.2, 0) is 0 Å². The van der Waals surface area contributed by atoms with E-state index in [1.165, 1.54) is 22.9 Å².